The van der Waals surface area contributed by atoms with Gasteiger partial charge in [0, 0.05) is 18.6 Å². The van der Waals surface area contributed by atoms with Gasteiger partial charge in [-0.25, -0.2) is 21.0 Å². The summed E-state index contributed by atoms with van der Waals surface area (Å²) in [6, 6.07) is 54.1. The van der Waals surface area contributed by atoms with Gasteiger partial charge in [0.25, 0.3) is 0 Å². The molecule has 4 atom stereocenters. The molecule has 5 aliphatic heterocycles. The van der Waals surface area contributed by atoms with Crippen molar-refractivity contribution in [3.05, 3.63) is 269 Å². The Bertz CT molecular complexity index is 4380. The van der Waals surface area contributed by atoms with E-state index in [1.165, 1.54) is 70.3 Å². The Hall–Kier alpha value is -6.61. The summed E-state index contributed by atoms with van der Waals surface area (Å²) in [6.45, 7) is 6.97. The summed E-state index contributed by atoms with van der Waals surface area (Å²) in [5.41, 5.74) is 21.2. The molecule has 0 bridgehead atoms. The first-order chi connectivity index (χ1) is 47.6. The molecule has 6 aromatic rings. The fraction of sp³-hybridized carbons (Fsp3) is 0.341. The minimum absolute atomic E-state index is 0.347. The maximum absolute atomic E-state index is 15.8. The molecular formula is C85H84O7S5. The summed E-state index contributed by atoms with van der Waals surface area (Å²) < 4.78 is 88.4. The third-order valence-corrected chi connectivity index (χ3v) is 30.3. The lowest BCUT2D eigenvalue weighted by Gasteiger charge is -2.29. The Labute approximate surface area is 585 Å². The lowest BCUT2D eigenvalue weighted by molar-refractivity contribution is -0.0173. The topological polar surface area (TPSA) is 104 Å². The smallest absolute Gasteiger partial charge is 0.0867 e. The highest BCUT2D eigenvalue weighted by Gasteiger charge is 2.48. The fourth-order valence-corrected chi connectivity index (χ4v) is 26.2. The van der Waals surface area contributed by atoms with Crippen LogP contribution in [-0.4, -0.2) is 47.5 Å². The number of unbranched alkanes of at least 4 members (excludes halogenated alkanes) is 6. The molecule has 5 saturated carbocycles. The second-order valence-electron chi connectivity index (χ2n) is 28.0. The SMILES string of the molecule is CCCCCCOCC1(COCCCCCC)CC2=C(c3ccc(C4=C5CCCC5=C(c5ccc(C6=C7CCCC7=C(c7ccccc7)S6=O)cc5)S4=O)cc3)S(=O)C(c3ccc(C4=C5CCCC5=C(c5ccc(C6=C7CCCC7=C(c7ccccc7)S6=O)cc5)S4=O)cc3)=C2C1. The molecule has 496 valence electrons. The van der Waals surface area contributed by atoms with E-state index in [9.17, 15) is 8.42 Å². The molecular weight excluding hydrogens is 1290 g/mol. The maximum Gasteiger partial charge on any atom is 0.0867 e. The standard InChI is InChI=1S/C85H84O7S5/c1-3-5-7-15-49-91-53-85(54-92-50-16-8-6-4-2)51-73-74(52-85)84(64-47-43-62(44-48-64)82-72-32-20-30-70(72)80(96(82)89)60-39-35-58(36-40-60)78-68-28-18-26-66(68)76(94(78)87)56-23-13-10-14-24-56)97(90)83(73)63-45-41-61(42-46-63)81-71-31-19-29-69(71)79(95(81)88)59-37-33-57(34-38-59)77-67-27-17-25-65(67)75(93(77)86)55-21-11-9-12-22-55/h9-14,21-24,33-48H,3-8,15-20,25-32,49-54H2,1-2H3. The highest BCUT2D eigenvalue weighted by Crippen LogP contribution is 2.59. The van der Waals surface area contributed by atoms with E-state index >= 15 is 12.6 Å². The minimum atomic E-state index is -1.54. The van der Waals surface area contributed by atoms with Crippen LogP contribution >= 0.6 is 0 Å². The van der Waals surface area contributed by atoms with Crippen LogP contribution in [0.4, 0.5) is 0 Å². The molecule has 6 aromatic carbocycles. The van der Waals surface area contributed by atoms with Gasteiger partial charge in [0.1, 0.15) is 0 Å². The number of benzene rings is 6. The number of hydrogen-bond acceptors (Lipinski definition) is 7. The maximum atomic E-state index is 15.8. The zero-order valence-corrected chi connectivity index (χ0v) is 59.9. The first-order valence-electron chi connectivity index (χ1n) is 35.8. The van der Waals surface area contributed by atoms with E-state index in [4.69, 9.17) is 9.47 Å². The van der Waals surface area contributed by atoms with E-state index in [-0.39, 0.29) is 5.41 Å². The highest BCUT2D eigenvalue weighted by atomic mass is 32.2. The van der Waals surface area contributed by atoms with E-state index in [1.54, 1.807) is 0 Å². The van der Waals surface area contributed by atoms with Crippen molar-refractivity contribution in [2.75, 3.05) is 26.4 Å². The van der Waals surface area contributed by atoms with Gasteiger partial charge in [-0.15, -0.1) is 0 Å². The zero-order valence-electron chi connectivity index (χ0n) is 55.8. The van der Waals surface area contributed by atoms with Crippen molar-refractivity contribution in [2.45, 2.75) is 155 Å². The molecule has 10 aliphatic rings. The highest BCUT2D eigenvalue weighted by molar-refractivity contribution is 8.05. The minimum Gasteiger partial charge on any atom is -0.381 e. The lowest BCUT2D eigenvalue weighted by atomic mass is 9.87. The lowest BCUT2D eigenvalue weighted by Crippen LogP contribution is -2.30. The first-order valence-corrected chi connectivity index (χ1v) is 41.5. The second kappa shape index (κ2) is 27.8. The van der Waals surface area contributed by atoms with Crippen LogP contribution in [-0.2, 0) is 63.5 Å². The fourth-order valence-electron chi connectivity index (χ4n) is 17.2. The summed E-state index contributed by atoms with van der Waals surface area (Å²) in [6.07, 6.45) is 21.7. The second-order valence-corrected chi connectivity index (χ2v) is 34.7. The number of fused-ring (bicyclic) bond motifs is 5. The van der Waals surface area contributed by atoms with E-state index in [0.29, 0.717) is 39.3 Å². The van der Waals surface area contributed by atoms with Gasteiger partial charge in [-0.05, 0) is 214 Å². The van der Waals surface area contributed by atoms with Crippen LogP contribution in [0.3, 0.4) is 0 Å². The van der Waals surface area contributed by atoms with Gasteiger partial charge in [0.05, 0.1) is 116 Å². The molecule has 0 N–H and O–H groups in total. The normalized spacial score (nSPS) is 23.3. The Morgan fingerprint density at radius 2 is 0.474 bits per heavy atom. The van der Waals surface area contributed by atoms with Crippen molar-refractivity contribution in [2.24, 2.45) is 5.41 Å². The molecule has 7 nitrogen and oxygen atoms in total. The van der Waals surface area contributed by atoms with Crippen LogP contribution < -0.4 is 0 Å². The van der Waals surface area contributed by atoms with Crippen molar-refractivity contribution in [3.63, 3.8) is 0 Å². The van der Waals surface area contributed by atoms with E-state index in [2.05, 4.69) is 135 Å². The zero-order chi connectivity index (χ0) is 65.9. The number of allylic oxidation sites excluding steroid dienone is 10. The van der Waals surface area contributed by atoms with Gasteiger partial charge in [-0.2, -0.15) is 0 Å². The summed E-state index contributed by atoms with van der Waals surface area (Å²) in [7, 11) is -6.96. The van der Waals surface area contributed by atoms with Gasteiger partial charge in [0.15, 0.2) is 0 Å². The predicted octanol–water partition coefficient (Wildman–Crippen LogP) is 20.8. The van der Waals surface area contributed by atoms with E-state index < -0.39 is 54.0 Å². The molecule has 16 rings (SSSR count). The molecule has 0 radical (unpaired) electrons. The predicted molar refractivity (Wildman–Crippen MR) is 406 cm³/mol. The van der Waals surface area contributed by atoms with Crippen LogP contribution in [0.1, 0.15) is 211 Å². The molecule has 5 fully saturated rings. The molecule has 0 saturated heterocycles. The molecule has 0 spiro atoms. The summed E-state index contributed by atoms with van der Waals surface area (Å²) >= 11 is 0. The summed E-state index contributed by atoms with van der Waals surface area (Å²) in [5, 5.41) is 0. The van der Waals surface area contributed by atoms with E-state index in [1.807, 2.05) is 36.4 Å². The van der Waals surface area contributed by atoms with Crippen LogP contribution in [0, 0.1) is 5.41 Å². The molecule has 97 heavy (non-hydrogen) atoms. The Morgan fingerprint density at radius 3 is 0.691 bits per heavy atom. The Kier molecular flexibility index (Phi) is 18.7. The van der Waals surface area contributed by atoms with E-state index in [0.717, 1.165) is 219 Å². The van der Waals surface area contributed by atoms with Gasteiger partial charge in [-0.1, -0.05) is 210 Å². The monoisotopic (exact) mass is 1380 g/mol. The molecule has 0 amide bonds. The van der Waals surface area contributed by atoms with Gasteiger partial charge >= 0.3 is 0 Å². The average molecular weight is 1380 g/mol. The van der Waals surface area contributed by atoms with Crippen LogP contribution in [0.25, 0.3) is 49.1 Å². The van der Waals surface area contributed by atoms with Crippen molar-refractivity contribution >= 4 is 103 Å². The first kappa shape index (κ1) is 65.0. The third kappa shape index (κ3) is 11.7. The quantitative estimate of drug-likeness (QED) is 0.0556. The largest absolute Gasteiger partial charge is 0.381 e. The van der Waals surface area contributed by atoms with Crippen molar-refractivity contribution < 1.29 is 30.5 Å². The van der Waals surface area contributed by atoms with Gasteiger partial charge in [0.2, 0.25) is 0 Å². The molecule has 12 heteroatoms. The van der Waals surface area contributed by atoms with Crippen LogP contribution in [0.5, 0.6) is 0 Å². The number of rotatable bonds is 24. The molecule has 0 aromatic heterocycles. The Morgan fingerprint density at radius 1 is 0.268 bits per heavy atom. The molecule has 5 heterocycles. The van der Waals surface area contributed by atoms with Crippen molar-refractivity contribution in [3.8, 4) is 0 Å². The van der Waals surface area contributed by atoms with Crippen LogP contribution in [0.15, 0.2) is 213 Å². The Balaban J connectivity index is 0.680. The van der Waals surface area contributed by atoms with Crippen molar-refractivity contribution in [1.82, 2.24) is 0 Å². The molecule has 4 unspecified atom stereocenters. The van der Waals surface area contributed by atoms with Crippen molar-refractivity contribution in [1.29, 1.82) is 0 Å². The number of ether oxygens (including phenoxy) is 2. The van der Waals surface area contributed by atoms with Gasteiger partial charge in [-0.3, -0.25) is 0 Å². The molecule has 5 aliphatic carbocycles. The average Bonchev–Trinajstić information content (AvgIpc) is 1.59. The summed E-state index contributed by atoms with van der Waals surface area (Å²) in [4.78, 5) is 8.97. The third-order valence-electron chi connectivity index (χ3n) is 21.7. The van der Waals surface area contributed by atoms with Crippen LogP contribution in [0.2, 0.25) is 0 Å². The van der Waals surface area contributed by atoms with Gasteiger partial charge < -0.3 is 9.47 Å². The number of hydrogen-bond donors (Lipinski definition) is 0. The summed E-state index contributed by atoms with van der Waals surface area (Å²) in [5.74, 6) is 0.